The van der Waals surface area contributed by atoms with Gasteiger partial charge in [-0.15, -0.1) is 0 Å². The molecule has 1 unspecified atom stereocenters. The number of nitrogens with zero attached hydrogens (tertiary/aromatic N) is 3. The van der Waals surface area contributed by atoms with Gasteiger partial charge >= 0.3 is 6.18 Å². The Morgan fingerprint density at radius 1 is 1.25 bits per heavy atom. The predicted octanol–water partition coefficient (Wildman–Crippen LogP) is 3.67. The number of pyridine rings is 2. The third kappa shape index (κ3) is 4.79. The number of piperidine rings is 1. The highest BCUT2D eigenvalue weighted by Crippen LogP contribution is 2.29. The molecule has 28 heavy (non-hydrogen) atoms. The molecule has 1 amide bonds. The molecule has 0 bridgehead atoms. The summed E-state index contributed by atoms with van der Waals surface area (Å²) in [5.41, 5.74) is 0.451. The number of ether oxygens (including phenoxy) is 1. The van der Waals surface area contributed by atoms with Gasteiger partial charge in [0.2, 0.25) is 5.91 Å². The number of rotatable bonds is 5. The lowest BCUT2D eigenvalue weighted by atomic mass is 9.95. The molecule has 1 atom stereocenters. The van der Waals surface area contributed by atoms with Crippen molar-refractivity contribution >= 4 is 5.91 Å². The summed E-state index contributed by atoms with van der Waals surface area (Å²) in [4.78, 5) is 22.6. The van der Waals surface area contributed by atoms with Crippen molar-refractivity contribution in [2.24, 2.45) is 0 Å². The summed E-state index contributed by atoms with van der Waals surface area (Å²) in [5, 5.41) is 0. The lowest BCUT2D eigenvalue weighted by Crippen LogP contribution is -2.45. The summed E-state index contributed by atoms with van der Waals surface area (Å²) >= 11 is 0. The van der Waals surface area contributed by atoms with Crippen LogP contribution < -0.4 is 4.74 Å². The van der Waals surface area contributed by atoms with E-state index in [1.165, 1.54) is 6.07 Å². The van der Waals surface area contributed by atoms with Gasteiger partial charge in [0.15, 0.2) is 0 Å². The van der Waals surface area contributed by atoms with E-state index in [1.54, 1.807) is 25.6 Å². The van der Waals surface area contributed by atoms with Crippen LogP contribution in [0.1, 0.15) is 36.1 Å². The summed E-state index contributed by atoms with van der Waals surface area (Å²) in [6.07, 6.45) is 3.15. The van der Waals surface area contributed by atoms with Crippen LogP contribution in [0, 0.1) is 0 Å². The number of alkyl halides is 3. The maximum absolute atomic E-state index is 12.8. The molecule has 5 nitrogen and oxygen atoms in total. The van der Waals surface area contributed by atoms with Crippen LogP contribution in [-0.4, -0.2) is 40.5 Å². The predicted molar refractivity (Wildman–Crippen MR) is 96.8 cm³/mol. The summed E-state index contributed by atoms with van der Waals surface area (Å²) in [6, 6.07) is 4.03. The average Bonchev–Trinajstić information content (AvgIpc) is 2.68. The number of halogens is 3. The van der Waals surface area contributed by atoms with Crippen LogP contribution in [0.2, 0.25) is 0 Å². The Labute approximate surface area is 161 Å². The first-order valence-corrected chi connectivity index (χ1v) is 9.17. The zero-order chi connectivity index (χ0) is 20.1. The molecule has 8 heteroatoms. The third-order valence-corrected chi connectivity index (χ3v) is 4.97. The zero-order valence-corrected chi connectivity index (χ0v) is 15.6. The van der Waals surface area contributed by atoms with Crippen LogP contribution in [0.4, 0.5) is 13.2 Å². The first kappa shape index (κ1) is 20.1. The van der Waals surface area contributed by atoms with E-state index in [9.17, 15) is 18.0 Å². The van der Waals surface area contributed by atoms with Crippen LogP contribution in [-0.2, 0) is 23.8 Å². The molecular formula is C20H22F3N3O2. The van der Waals surface area contributed by atoms with Crippen molar-refractivity contribution in [2.75, 3.05) is 13.7 Å². The van der Waals surface area contributed by atoms with Crippen molar-refractivity contribution in [3.63, 3.8) is 0 Å². The van der Waals surface area contributed by atoms with Crippen LogP contribution in [0.5, 0.6) is 5.75 Å². The molecule has 2 aromatic rings. The monoisotopic (exact) mass is 393 g/mol. The number of carbonyl (C=O) groups excluding carboxylic acids is 1. The van der Waals surface area contributed by atoms with Gasteiger partial charge in [-0.25, -0.2) is 0 Å². The van der Waals surface area contributed by atoms with Gasteiger partial charge in [-0.2, -0.15) is 13.2 Å². The lowest BCUT2D eigenvalue weighted by molar-refractivity contribution is -0.137. The van der Waals surface area contributed by atoms with Gasteiger partial charge in [-0.05, 0) is 43.9 Å². The molecule has 0 aromatic carbocycles. The second-order valence-electron chi connectivity index (χ2n) is 6.84. The first-order valence-electron chi connectivity index (χ1n) is 9.17. The number of aromatic nitrogens is 2. The summed E-state index contributed by atoms with van der Waals surface area (Å²) in [7, 11) is 1.60. The topological polar surface area (TPSA) is 55.3 Å². The van der Waals surface area contributed by atoms with Crippen molar-refractivity contribution in [1.29, 1.82) is 0 Å². The van der Waals surface area contributed by atoms with Crippen molar-refractivity contribution < 1.29 is 22.7 Å². The maximum atomic E-state index is 12.8. The van der Waals surface area contributed by atoms with Gasteiger partial charge in [0.05, 0.1) is 19.1 Å². The maximum Gasteiger partial charge on any atom is 0.417 e. The number of hydrogen-bond donors (Lipinski definition) is 0. The molecular weight excluding hydrogens is 371 g/mol. The standard InChI is InChI=1S/C20H22F3N3O2/c1-28-18-7-8-24-12-14(18)10-17-4-2-3-9-26(17)19(27)11-16-6-5-15(13-25-16)20(21,22)23/h5-8,12-13,17H,2-4,9-11H2,1H3. The highest BCUT2D eigenvalue weighted by molar-refractivity contribution is 5.78. The minimum Gasteiger partial charge on any atom is -0.496 e. The van der Waals surface area contributed by atoms with Gasteiger partial charge in [0.25, 0.3) is 0 Å². The number of carbonyl (C=O) groups is 1. The number of methoxy groups -OCH3 is 1. The number of likely N-dealkylation sites (tertiary alicyclic amines) is 1. The Morgan fingerprint density at radius 3 is 2.75 bits per heavy atom. The van der Waals surface area contributed by atoms with E-state index in [2.05, 4.69) is 9.97 Å². The third-order valence-electron chi connectivity index (χ3n) is 4.97. The molecule has 0 saturated carbocycles. The van der Waals surface area contributed by atoms with Crippen LogP contribution >= 0.6 is 0 Å². The minimum atomic E-state index is -4.43. The SMILES string of the molecule is COc1ccncc1CC1CCCCN1C(=O)Cc1ccc(C(F)(F)F)cn1. The highest BCUT2D eigenvalue weighted by atomic mass is 19.4. The van der Waals surface area contributed by atoms with E-state index in [4.69, 9.17) is 4.74 Å². The van der Waals surface area contributed by atoms with Gasteiger partial charge in [0, 0.05) is 42.4 Å². The molecule has 1 fully saturated rings. The van der Waals surface area contributed by atoms with Gasteiger partial charge in [-0.1, -0.05) is 0 Å². The van der Waals surface area contributed by atoms with E-state index in [-0.39, 0.29) is 18.4 Å². The average molecular weight is 393 g/mol. The molecule has 0 aliphatic carbocycles. The molecule has 2 aromatic heterocycles. The zero-order valence-electron chi connectivity index (χ0n) is 15.6. The summed E-state index contributed by atoms with van der Waals surface area (Å²) < 4.78 is 43.4. The largest absolute Gasteiger partial charge is 0.496 e. The minimum absolute atomic E-state index is 0.00815. The molecule has 0 N–H and O–H groups in total. The summed E-state index contributed by atoms with van der Waals surface area (Å²) in [5.74, 6) is 0.609. The molecule has 3 rings (SSSR count). The van der Waals surface area contributed by atoms with E-state index in [1.807, 2.05) is 4.90 Å². The second kappa shape index (κ2) is 8.58. The highest BCUT2D eigenvalue weighted by Gasteiger charge is 2.31. The fraction of sp³-hybridized carbons (Fsp3) is 0.450. The van der Waals surface area contributed by atoms with Crippen molar-refractivity contribution in [1.82, 2.24) is 14.9 Å². The molecule has 150 valence electrons. The van der Waals surface area contributed by atoms with Crippen molar-refractivity contribution in [2.45, 2.75) is 44.3 Å². The Kier molecular flexibility index (Phi) is 6.16. The van der Waals surface area contributed by atoms with Crippen LogP contribution in [0.15, 0.2) is 36.8 Å². The van der Waals surface area contributed by atoms with E-state index in [0.717, 1.165) is 42.8 Å². The smallest absolute Gasteiger partial charge is 0.417 e. The van der Waals surface area contributed by atoms with Gasteiger partial charge in [0.1, 0.15) is 5.75 Å². The molecule has 0 spiro atoms. The fourth-order valence-corrected chi connectivity index (χ4v) is 3.52. The molecule has 1 aliphatic heterocycles. The van der Waals surface area contributed by atoms with Gasteiger partial charge in [-0.3, -0.25) is 14.8 Å². The Bertz CT molecular complexity index is 809. The van der Waals surface area contributed by atoms with E-state index >= 15 is 0 Å². The quantitative estimate of drug-likeness (QED) is 0.778. The normalized spacial score (nSPS) is 17.4. The van der Waals surface area contributed by atoms with E-state index in [0.29, 0.717) is 18.7 Å². The van der Waals surface area contributed by atoms with Crippen molar-refractivity contribution in [3.8, 4) is 5.75 Å². The van der Waals surface area contributed by atoms with Crippen molar-refractivity contribution in [3.05, 3.63) is 53.6 Å². The molecule has 3 heterocycles. The molecule has 1 aliphatic rings. The number of hydrogen-bond acceptors (Lipinski definition) is 4. The molecule has 0 radical (unpaired) electrons. The molecule has 1 saturated heterocycles. The van der Waals surface area contributed by atoms with E-state index < -0.39 is 11.7 Å². The number of amides is 1. The Hall–Kier alpha value is -2.64. The van der Waals surface area contributed by atoms with Gasteiger partial charge < -0.3 is 9.64 Å². The Balaban J connectivity index is 1.70. The van der Waals surface area contributed by atoms with Crippen LogP contribution in [0.3, 0.4) is 0 Å². The second-order valence-corrected chi connectivity index (χ2v) is 6.84. The lowest BCUT2D eigenvalue weighted by Gasteiger charge is -2.36. The first-order chi connectivity index (χ1) is 13.4. The van der Waals surface area contributed by atoms with Crippen LogP contribution in [0.25, 0.3) is 0 Å². The Morgan fingerprint density at radius 2 is 2.07 bits per heavy atom. The summed E-state index contributed by atoms with van der Waals surface area (Å²) in [6.45, 7) is 0.632. The fourth-order valence-electron chi connectivity index (χ4n) is 3.52.